The number of carbonyl (C=O) groups excluding carboxylic acids is 3. The van der Waals surface area contributed by atoms with Gasteiger partial charge in [-0.1, -0.05) is 6.42 Å². The van der Waals surface area contributed by atoms with Gasteiger partial charge in [-0.3, -0.25) is 19.8 Å². The summed E-state index contributed by atoms with van der Waals surface area (Å²) in [6.45, 7) is 0.906. The third kappa shape index (κ3) is 4.90. The van der Waals surface area contributed by atoms with Crippen LogP contribution in [-0.4, -0.2) is 50.6 Å². The second kappa shape index (κ2) is 9.82. The summed E-state index contributed by atoms with van der Waals surface area (Å²) in [5.74, 6) is -0.734. The Morgan fingerprint density at radius 1 is 1.00 bits per heavy atom. The van der Waals surface area contributed by atoms with Gasteiger partial charge in [0.25, 0.3) is 5.91 Å². The molecule has 180 valence electrons. The van der Waals surface area contributed by atoms with Gasteiger partial charge in [-0.25, -0.2) is 13.4 Å². The Balaban J connectivity index is 1.52. The molecule has 3 amide bonds. The van der Waals surface area contributed by atoms with Crippen molar-refractivity contribution in [2.45, 2.75) is 37.0 Å². The number of hydrogen-bond donors (Lipinski definition) is 2. The standard InChI is InChI=1S/C23H26N4O6S/c1-33-19-10-7-17(15-20(19)34(31,32)26-13-3-2-4-14-26)24-23(30)16-5-8-18(9-6-16)27-22(29)12-11-21(28)25-27/h5-10,15H,2-4,11-14H2,1H3,(H,24,30)(H,25,28). The maximum absolute atomic E-state index is 13.2. The number of hydrazine groups is 1. The smallest absolute Gasteiger partial charge is 0.255 e. The van der Waals surface area contributed by atoms with Crippen molar-refractivity contribution in [3.8, 4) is 5.75 Å². The van der Waals surface area contributed by atoms with E-state index in [0.29, 0.717) is 30.0 Å². The molecule has 2 N–H and O–H groups in total. The van der Waals surface area contributed by atoms with E-state index in [9.17, 15) is 22.8 Å². The van der Waals surface area contributed by atoms with Crippen LogP contribution in [0.3, 0.4) is 0 Å². The molecule has 0 radical (unpaired) electrons. The van der Waals surface area contributed by atoms with Crippen molar-refractivity contribution >= 4 is 39.1 Å². The van der Waals surface area contributed by atoms with Crippen LogP contribution in [0.5, 0.6) is 5.75 Å². The molecule has 2 aliphatic heterocycles. The first-order chi connectivity index (χ1) is 16.3. The van der Waals surface area contributed by atoms with Crippen molar-refractivity contribution in [1.29, 1.82) is 0 Å². The van der Waals surface area contributed by atoms with Gasteiger partial charge >= 0.3 is 0 Å². The van der Waals surface area contributed by atoms with Crippen LogP contribution in [0.25, 0.3) is 0 Å². The van der Waals surface area contributed by atoms with Gasteiger partial charge < -0.3 is 10.1 Å². The predicted molar refractivity (Wildman–Crippen MR) is 125 cm³/mol. The number of amides is 3. The van der Waals surface area contributed by atoms with Crippen LogP contribution in [0.1, 0.15) is 42.5 Å². The van der Waals surface area contributed by atoms with Crippen LogP contribution >= 0.6 is 0 Å². The van der Waals surface area contributed by atoms with E-state index in [4.69, 9.17) is 4.74 Å². The number of anilines is 2. The van der Waals surface area contributed by atoms with E-state index in [1.165, 1.54) is 35.7 Å². The third-order valence-corrected chi connectivity index (χ3v) is 7.71. The minimum Gasteiger partial charge on any atom is -0.495 e. The second-order valence-electron chi connectivity index (χ2n) is 8.10. The lowest BCUT2D eigenvalue weighted by Crippen LogP contribution is -2.50. The minimum absolute atomic E-state index is 0.00407. The van der Waals surface area contributed by atoms with Crippen LogP contribution in [-0.2, 0) is 19.6 Å². The highest BCUT2D eigenvalue weighted by molar-refractivity contribution is 7.89. The van der Waals surface area contributed by atoms with Crippen molar-refractivity contribution in [2.24, 2.45) is 0 Å². The number of nitrogens with one attached hydrogen (secondary N) is 2. The molecule has 0 bridgehead atoms. The maximum Gasteiger partial charge on any atom is 0.255 e. The van der Waals surface area contributed by atoms with Crippen molar-refractivity contribution in [3.63, 3.8) is 0 Å². The number of hydrogen-bond acceptors (Lipinski definition) is 6. The molecular formula is C23H26N4O6S. The van der Waals surface area contributed by atoms with Crippen LogP contribution in [0.2, 0.25) is 0 Å². The summed E-state index contributed by atoms with van der Waals surface area (Å²) < 4.78 is 33.1. The van der Waals surface area contributed by atoms with Crippen molar-refractivity contribution in [3.05, 3.63) is 48.0 Å². The first-order valence-corrected chi connectivity index (χ1v) is 12.5. The van der Waals surface area contributed by atoms with Crippen LogP contribution < -0.4 is 20.5 Å². The highest BCUT2D eigenvalue weighted by Gasteiger charge is 2.29. The third-order valence-electron chi connectivity index (χ3n) is 5.79. The van der Waals surface area contributed by atoms with E-state index in [-0.39, 0.29) is 35.3 Å². The predicted octanol–water partition coefficient (Wildman–Crippen LogP) is 2.28. The normalized spacial score (nSPS) is 17.3. The van der Waals surface area contributed by atoms with E-state index in [0.717, 1.165) is 24.3 Å². The molecule has 11 heteroatoms. The zero-order chi connectivity index (χ0) is 24.3. The molecule has 0 aliphatic carbocycles. The zero-order valence-electron chi connectivity index (χ0n) is 18.7. The molecule has 2 aromatic carbocycles. The first-order valence-electron chi connectivity index (χ1n) is 11.0. The number of carbonyl (C=O) groups is 3. The number of benzene rings is 2. The van der Waals surface area contributed by atoms with Gasteiger partial charge in [-0.05, 0) is 55.3 Å². The fourth-order valence-electron chi connectivity index (χ4n) is 3.95. The van der Waals surface area contributed by atoms with E-state index >= 15 is 0 Å². The quantitative estimate of drug-likeness (QED) is 0.645. The van der Waals surface area contributed by atoms with Gasteiger partial charge in [0.15, 0.2) is 0 Å². The Kier molecular flexibility index (Phi) is 6.85. The van der Waals surface area contributed by atoms with E-state index in [1.807, 2.05) is 0 Å². The summed E-state index contributed by atoms with van der Waals surface area (Å²) in [6.07, 6.45) is 2.87. The second-order valence-corrected chi connectivity index (χ2v) is 10.0. The fraction of sp³-hybridized carbons (Fsp3) is 0.348. The lowest BCUT2D eigenvalue weighted by molar-refractivity contribution is -0.130. The minimum atomic E-state index is -3.77. The first kappa shape index (κ1) is 23.7. The average Bonchev–Trinajstić information content (AvgIpc) is 2.86. The molecule has 2 saturated heterocycles. The van der Waals surface area contributed by atoms with Gasteiger partial charge in [0, 0.05) is 37.2 Å². The van der Waals surface area contributed by atoms with Gasteiger partial charge in [0.05, 0.1) is 12.8 Å². The number of rotatable bonds is 6. The number of methoxy groups -OCH3 is 1. The van der Waals surface area contributed by atoms with Gasteiger partial charge in [0.2, 0.25) is 21.8 Å². The largest absolute Gasteiger partial charge is 0.495 e. The highest BCUT2D eigenvalue weighted by atomic mass is 32.2. The molecule has 34 heavy (non-hydrogen) atoms. The molecule has 0 saturated carbocycles. The number of piperidine rings is 1. The molecule has 4 rings (SSSR count). The molecule has 0 aromatic heterocycles. The summed E-state index contributed by atoms with van der Waals surface area (Å²) in [6, 6.07) is 10.6. The summed E-state index contributed by atoms with van der Waals surface area (Å²) in [5.41, 5.74) is 3.55. The summed E-state index contributed by atoms with van der Waals surface area (Å²) in [4.78, 5) is 36.4. The summed E-state index contributed by atoms with van der Waals surface area (Å²) in [5, 5.41) is 3.87. The molecule has 2 aromatic rings. The van der Waals surface area contributed by atoms with Crippen LogP contribution in [0.4, 0.5) is 11.4 Å². The van der Waals surface area contributed by atoms with Gasteiger partial charge in [-0.15, -0.1) is 0 Å². The lowest BCUT2D eigenvalue weighted by Gasteiger charge is -2.27. The summed E-state index contributed by atoms with van der Waals surface area (Å²) >= 11 is 0. The summed E-state index contributed by atoms with van der Waals surface area (Å²) in [7, 11) is -2.37. The Labute approximate surface area is 197 Å². The monoisotopic (exact) mass is 486 g/mol. The van der Waals surface area contributed by atoms with Crippen LogP contribution in [0, 0.1) is 0 Å². The number of sulfonamides is 1. The maximum atomic E-state index is 13.2. The number of ether oxygens (including phenoxy) is 1. The van der Waals surface area contributed by atoms with Crippen molar-refractivity contribution in [1.82, 2.24) is 9.73 Å². The Morgan fingerprint density at radius 3 is 2.38 bits per heavy atom. The molecule has 2 fully saturated rings. The Bertz CT molecular complexity index is 1210. The Hall–Kier alpha value is -3.44. The molecule has 0 atom stereocenters. The number of nitrogens with zero attached hydrogens (tertiary/aromatic N) is 2. The van der Waals surface area contributed by atoms with E-state index < -0.39 is 15.9 Å². The lowest BCUT2D eigenvalue weighted by atomic mass is 10.1. The fourth-order valence-corrected chi connectivity index (χ4v) is 5.65. The van der Waals surface area contributed by atoms with E-state index in [1.54, 1.807) is 18.2 Å². The Morgan fingerprint density at radius 2 is 1.71 bits per heavy atom. The molecular weight excluding hydrogens is 460 g/mol. The van der Waals surface area contributed by atoms with Gasteiger partial charge in [0.1, 0.15) is 10.6 Å². The van der Waals surface area contributed by atoms with Crippen molar-refractivity contribution < 1.29 is 27.5 Å². The van der Waals surface area contributed by atoms with Crippen LogP contribution in [0.15, 0.2) is 47.4 Å². The topological polar surface area (TPSA) is 125 Å². The SMILES string of the molecule is COc1ccc(NC(=O)c2ccc(N3NC(=O)CCC3=O)cc2)cc1S(=O)(=O)N1CCCCC1. The molecule has 2 heterocycles. The van der Waals surface area contributed by atoms with E-state index in [2.05, 4.69) is 10.7 Å². The zero-order valence-corrected chi connectivity index (χ0v) is 19.6. The van der Waals surface area contributed by atoms with Crippen molar-refractivity contribution in [2.75, 3.05) is 30.5 Å². The van der Waals surface area contributed by atoms with Gasteiger partial charge in [-0.2, -0.15) is 4.31 Å². The molecule has 10 nitrogen and oxygen atoms in total. The molecule has 0 spiro atoms. The molecule has 0 unspecified atom stereocenters. The average molecular weight is 487 g/mol. The molecule has 2 aliphatic rings. The highest BCUT2D eigenvalue weighted by Crippen LogP contribution is 2.31.